The van der Waals surface area contributed by atoms with Gasteiger partial charge in [-0.2, -0.15) is 0 Å². The zero-order valence-electron chi connectivity index (χ0n) is 16.9. The number of nitrogens with one attached hydrogen (secondary N) is 1. The molecule has 7 heteroatoms. The summed E-state index contributed by atoms with van der Waals surface area (Å²) >= 11 is 0. The molecule has 0 saturated heterocycles. The molecule has 0 unspecified atom stereocenters. The highest BCUT2D eigenvalue weighted by Gasteiger charge is 2.51. The number of carbonyl (C=O) groups is 2. The molecule has 1 aromatic heterocycles. The number of ether oxygens (including phenoxy) is 2. The quantitative estimate of drug-likeness (QED) is 0.600. The normalized spacial score (nSPS) is 29.0. The van der Waals surface area contributed by atoms with Gasteiger partial charge >= 0.3 is 11.6 Å². The highest BCUT2D eigenvalue weighted by molar-refractivity contribution is 5.95. The SMILES string of the molecule is COc1cccc2cc(C(=O)OCC(=O)NC34CC5CC(CC(C5)C3)C4)c(=O)oc12. The number of para-hydroxylation sites is 1. The van der Waals surface area contributed by atoms with Crippen LogP contribution in [0, 0.1) is 17.8 Å². The largest absolute Gasteiger partial charge is 0.493 e. The number of hydrogen-bond acceptors (Lipinski definition) is 6. The van der Waals surface area contributed by atoms with Crippen molar-refractivity contribution in [2.75, 3.05) is 13.7 Å². The van der Waals surface area contributed by atoms with Crippen LogP contribution in [0.25, 0.3) is 11.0 Å². The van der Waals surface area contributed by atoms with Crippen LogP contribution >= 0.6 is 0 Å². The van der Waals surface area contributed by atoms with Gasteiger partial charge in [-0.05, 0) is 68.4 Å². The highest BCUT2D eigenvalue weighted by Crippen LogP contribution is 2.55. The van der Waals surface area contributed by atoms with E-state index >= 15 is 0 Å². The summed E-state index contributed by atoms with van der Waals surface area (Å²) in [6.45, 7) is -0.407. The van der Waals surface area contributed by atoms with Gasteiger partial charge in [0.25, 0.3) is 5.91 Å². The van der Waals surface area contributed by atoms with Gasteiger partial charge < -0.3 is 19.2 Å². The molecule has 158 valence electrons. The zero-order valence-corrected chi connectivity index (χ0v) is 16.9. The van der Waals surface area contributed by atoms with Gasteiger partial charge in [0.1, 0.15) is 5.56 Å². The Morgan fingerprint density at radius 3 is 2.43 bits per heavy atom. The van der Waals surface area contributed by atoms with Crippen molar-refractivity contribution in [2.45, 2.75) is 44.1 Å². The topological polar surface area (TPSA) is 94.8 Å². The average molecular weight is 411 g/mol. The predicted molar refractivity (Wildman–Crippen MR) is 108 cm³/mol. The molecule has 0 spiro atoms. The number of hydrogen-bond donors (Lipinski definition) is 1. The molecule has 4 aliphatic rings. The van der Waals surface area contributed by atoms with Gasteiger partial charge in [-0.1, -0.05) is 12.1 Å². The Kier molecular flexibility index (Phi) is 4.56. The summed E-state index contributed by atoms with van der Waals surface area (Å²) < 4.78 is 15.6. The van der Waals surface area contributed by atoms with E-state index in [1.165, 1.54) is 32.4 Å². The zero-order chi connectivity index (χ0) is 20.9. The first kappa shape index (κ1) is 19.2. The van der Waals surface area contributed by atoms with E-state index in [4.69, 9.17) is 13.9 Å². The van der Waals surface area contributed by atoms with Crippen molar-refractivity contribution in [1.82, 2.24) is 5.32 Å². The average Bonchev–Trinajstić information content (AvgIpc) is 2.69. The van der Waals surface area contributed by atoms with E-state index in [9.17, 15) is 14.4 Å². The van der Waals surface area contributed by atoms with Crippen LogP contribution in [0.5, 0.6) is 5.75 Å². The fourth-order valence-electron chi connectivity index (χ4n) is 6.23. The number of amides is 1. The Balaban J connectivity index is 1.26. The minimum Gasteiger partial charge on any atom is -0.493 e. The van der Waals surface area contributed by atoms with Crippen LogP contribution in [-0.4, -0.2) is 31.1 Å². The molecule has 1 aromatic carbocycles. The lowest BCUT2D eigenvalue weighted by atomic mass is 9.53. The van der Waals surface area contributed by atoms with Crippen LogP contribution < -0.4 is 15.7 Å². The van der Waals surface area contributed by atoms with Crippen LogP contribution in [0.3, 0.4) is 0 Å². The molecule has 4 aliphatic carbocycles. The Morgan fingerprint density at radius 1 is 1.13 bits per heavy atom. The van der Waals surface area contributed by atoms with Crippen molar-refractivity contribution in [3.05, 3.63) is 40.2 Å². The second-order valence-electron chi connectivity index (χ2n) is 9.15. The molecular formula is C23H25NO6. The van der Waals surface area contributed by atoms with Gasteiger partial charge in [0, 0.05) is 10.9 Å². The maximum Gasteiger partial charge on any atom is 0.351 e. The van der Waals surface area contributed by atoms with Gasteiger partial charge in [-0.3, -0.25) is 4.79 Å². The summed E-state index contributed by atoms with van der Waals surface area (Å²) in [6.07, 6.45) is 6.92. The third-order valence-electron chi connectivity index (χ3n) is 6.94. The number of rotatable bonds is 5. The first-order chi connectivity index (χ1) is 14.4. The van der Waals surface area contributed by atoms with Crippen molar-refractivity contribution in [2.24, 2.45) is 17.8 Å². The summed E-state index contributed by atoms with van der Waals surface area (Å²) in [5, 5.41) is 3.70. The molecule has 7 nitrogen and oxygen atoms in total. The molecule has 30 heavy (non-hydrogen) atoms. The minimum atomic E-state index is -0.867. The summed E-state index contributed by atoms with van der Waals surface area (Å²) in [7, 11) is 1.47. The maximum atomic E-state index is 12.5. The molecule has 1 heterocycles. The third kappa shape index (κ3) is 3.36. The summed E-state index contributed by atoms with van der Waals surface area (Å²) in [5.41, 5.74) is -0.936. The van der Waals surface area contributed by atoms with Gasteiger partial charge in [-0.25, -0.2) is 9.59 Å². The van der Waals surface area contributed by atoms with Crippen LogP contribution in [0.15, 0.2) is 33.5 Å². The molecule has 0 radical (unpaired) electrons. The van der Waals surface area contributed by atoms with E-state index in [1.807, 2.05) is 0 Å². The molecule has 4 bridgehead atoms. The molecule has 0 aliphatic heterocycles. The van der Waals surface area contributed by atoms with Crippen LogP contribution in [-0.2, 0) is 9.53 Å². The Labute approximate surface area is 173 Å². The number of benzene rings is 1. The van der Waals surface area contributed by atoms with Crippen molar-refractivity contribution < 1.29 is 23.5 Å². The first-order valence-corrected chi connectivity index (χ1v) is 10.5. The number of esters is 1. The fraction of sp³-hybridized carbons (Fsp3) is 0.522. The standard InChI is InChI=1S/C23H25NO6/c1-28-18-4-2-3-16-8-17(22(27)30-20(16)18)21(26)29-12-19(25)24-23-9-13-5-14(10-23)7-15(6-13)11-23/h2-4,8,13-15H,5-7,9-12H2,1H3,(H,24,25). The predicted octanol–water partition coefficient (Wildman–Crippen LogP) is 3.04. The molecule has 1 amide bonds. The van der Waals surface area contributed by atoms with Crippen LogP contribution in [0.1, 0.15) is 48.9 Å². The molecule has 4 fully saturated rings. The third-order valence-corrected chi connectivity index (χ3v) is 6.94. The van der Waals surface area contributed by atoms with Gasteiger partial charge in [-0.15, -0.1) is 0 Å². The van der Waals surface area contributed by atoms with E-state index in [-0.39, 0.29) is 22.6 Å². The molecule has 0 atom stereocenters. The Bertz CT molecular complexity index is 1040. The summed E-state index contributed by atoms with van der Waals surface area (Å²) in [6, 6.07) is 6.51. The lowest BCUT2D eigenvalue weighted by Crippen LogP contribution is -2.60. The second kappa shape index (κ2) is 7.15. The monoisotopic (exact) mass is 411 g/mol. The highest BCUT2D eigenvalue weighted by atomic mass is 16.5. The molecule has 6 rings (SSSR count). The van der Waals surface area contributed by atoms with E-state index in [2.05, 4.69) is 5.32 Å². The van der Waals surface area contributed by atoms with Crippen molar-refractivity contribution >= 4 is 22.8 Å². The van der Waals surface area contributed by atoms with Crippen molar-refractivity contribution in [3.63, 3.8) is 0 Å². The number of methoxy groups -OCH3 is 1. The molecule has 2 aromatic rings. The van der Waals surface area contributed by atoms with E-state index in [0.717, 1.165) is 19.3 Å². The van der Waals surface area contributed by atoms with E-state index in [1.54, 1.807) is 18.2 Å². The van der Waals surface area contributed by atoms with Crippen LogP contribution in [0.2, 0.25) is 0 Å². The Morgan fingerprint density at radius 2 is 1.80 bits per heavy atom. The molecular weight excluding hydrogens is 386 g/mol. The van der Waals surface area contributed by atoms with Gasteiger partial charge in [0.15, 0.2) is 17.9 Å². The fourth-order valence-corrected chi connectivity index (χ4v) is 6.23. The smallest absolute Gasteiger partial charge is 0.351 e. The van der Waals surface area contributed by atoms with Crippen molar-refractivity contribution in [3.8, 4) is 5.75 Å². The molecule has 4 saturated carbocycles. The lowest BCUT2D eigenvalue weighted by molar-refractivity contribution is -0.130. The maximum absolute atomic E-state index is 12.5. The summed E-state index contributed by atoms with van der Waals surface area (Å²) in [4.78, 5) is 37.2. The number of carbonyl (C=O) groups excluding carboxylic acids is 2. The van der Waals surface area contributed by atoms with Crippen LogP contribution in [0.4, 0.5) is 0 Å². The van der Waals surface area contributed by atoms with E-state index < -0.39 is 18.2 Å². The minimum absolute atomic E-state index is 0.142. The first-order valence-electron chi connectivity index (χ1n) is 10.5. The second-order valence-corrected chi connectivity index (χ2v) is 9.15. The van der Waals surface area contributed by atoms with E-state index in [0.29, 0.717) is 28.9 Å². The summed E-state index contributed by atoms with van der Waals surface area (Å²) in [5.74, 6) is 1.35. The lowest BCUT2D eigenvalue weighted by Gasteiger charge is -2.56. The van der Waals surface area contributed by atoms with Gasteiger partial charge in [0.05, 0.1) is 7.11 Å². The molecule has 1 N–H and O–H groups in total. The Hall–Kier alpha value is -2.83. The van der Waals surface area contributed by atoms with Crippen molar-refractivity contribution in [1.29, 1.82) is 0 Å². The number of fused-ring (bicyclic) bond motifs is 1. The van der Waals surface area contributed by atoms with Gasteiger partial charge in [0.2, 0.25) is 0 Å².